The van der Waals surface area contributed by atoms with Gasteiger partial charge in [-0.25, -0.2) is 13.6 Å². The number of hydrogen-bond acceptors (Lipinski definition) is 6. The predicted molar refractivity (Wildman–Crippen MR) is 113 cm³/mol. The third kappa shape index (κ3) is 7.33. The Kier molecular flexibility index (Phi) is 8.22. The van der Waals surface area contributed by atoms with Crippen molar-refractivity contribution in [1.82, 2.24) is 0 Å². The van der Waals surface area contributed by atoms with E-state index in [1.54, 1.807) is 18.2 Å². The fourth-order valence-corrected chi connectivity index (χ4v) is 3.26. The molecule has 0 aliphatic rings. The standard InChI is InChI=1S/C20H23ClN2O6S/c1-13-11-15(21)8-9-18(13)28-10-4-7-19(24)29-14(2)20(25)23-16-5-3-6-17(12-16)30(22,26)27/h3,5-6,8-9,11-12,14H,4,7,10H2,1-2H3,(H,23,25)(H2,22,26,27). The van der Waals surface area contributed by atoms with Crippen LogP contribution in [0, 0.1) is 6.92 Å². The molecule has 8 nitrogen and oxygen atoms in total. The van der Waals surface area contributed by atoms with Crippen molar-refractivity contribution in [3.8, 4) is 5.75 Å². The van der Waals surface area contributed by atoms with Crippen LogP contribution < -0.4 is 15.2 Å². The zero-order valence-electron chi connectivity index (χ0n) is 16.6. The van der Waals surface area contributed by atoms with Crippen molar-refractivity contribution in [3.63, 3.8) is 0 Å². The van der Waals surface area contributed by atoms with Crippen molar-refractivity contribution < 1.29 is 27.5 Å². The molecule has 162 valence electrons. The number of carbonyl (C=O) groups excluding carboxylic acids is 2. The molecule has 0 saturated heterocycles. The molecule has 1 unspecified atom stereocenters. The SMILES string of the molecule is Cc1cc(Cl)ccc1OCCCC(=O)OC(C)C(=O)Nc1cccc(S(N)(=O)=O)c1. The van der Waals surface area contributed by atoms with Gasteiger partial charge in [-0.2, -0.15) is 0 Å². The first-order chi connectivity index (χ1) is 14.1. The maximum atomic E-state index is 12.2. The summed E-state index contributed by atoms with van der Waals surface area (Å²) in [5.74, 6) is -0.461. The number of nitrogens with one attached hydrogen (secondary N) is 1. The molecule has 0 radical (unpaired) electrons. The number of aryl methyl sites for hydroxylation is 1. The molecule has 1 atom stereocenters. The maximum absolute atomic E-state index is 12.2. The largest absolute Gasteiger partial charge is 0.493 e. The van der Waals surface area contributed by atoms with Gasteiger partial charge in [0.1, 0.15) is 5.75 Å². The lowest BCUT2D eigenvalue weighted by Crippen LogP contribution is -2.30. The first kappa shape index (κ1) is 23.7. The lowest BCUT2D eigenvalue weighted by Gasteiger charge is -2.14. The second-order valence-electron chi connectivity index (χ2n) is 6.56. The number of anilines is 1. The van der Waals surface area contributed by atoms with Gasteiger partial charge in [0.2, 0.25) is 10.0 Å². The van der Waals surface area contributed by atoms with Gasteiger partial charge in [-0.1, -0.05) is 17.7 Å². The molecule has 1 amide bonds. The van der Waals surface area contributed by atoms with E-state index < -0.39 is 28.0 Å². The highest BCUT2D eigenvalue weighted by molar-refractivity contribution is 7.89. The number of esters is 1. The van der Waals surface area contributed by atoms with Crippen molar-refractivity contribution >= 4 is 39.2 Å². The van der Waals surface area contributed by atoms with Gasteiger partial charge < -0.3 is 14.8 Å². The molecular formula is C20H23ClN2O6S. The molecule has 0 aromatic heterocycles. The first-order valence-electron chi connectivity index (χ1n) is 9.08. The van der Waals surface area contributed by atoms with E-state index in [4.69, 9.17) is 26.2 Å². The van der Waals surface area contributed by atoms with Gasteiger partial charge in [0.25, 0.3) is 5.91 Å². The highest BCUT2D eigenvalue weighted by Crippen LogP contribution is 2.22. The van der Waals surface area contributed by atoms with Gasteiger partial charge in [0.15, 0.2) is 6.10 Å². The van der Waals surface area contributed by atoms with Crippen LogP contribution in [0.3, 0.4) is 0 Å². The second-order valence-corrected chi connectivity index (χ2v) is 8.55. The van der Waals surface area contributed by atoms with Crippen molar-refractivity contribution in [2.24, 2.45) is 5.14 Å². The minimum Gasteiger partial charge on any atom is -0.493 e. The Morgan fingerprint density at radius 1 is 1.20 bits per heavy atom. The number of amides is 1. The summed E-state index contributed by atoms with van der Waals surface area (Å²) in [6.45, 7) is 3.59. The molecule has 0 spiro atoms. The van der Waals surface area contributed by atoms with Crippen molar-refractivity contribution in [3.05, 3.63) is 53.1 Å². The molecule has 2 aromatic rings. The zero-order chi connectivity index (χ0) is 22.3. The number of nitrogens with two attached hydrogens (primary N) is 1. The van der Waals surface area contributed by atoms with Gasteiger partial charge >= 0.3 is 5.97 Å². The topological polar surface area (TPSA) is 125 Å². The molecule has 0 fully saturated rings. The quantitative estimate of drug-likeness (QED) is 0.443. The summed E-state index contributed by atoms with van der Waals surface area (Å²) < 4.78 is 33.5. The van der Waals surface area contributed by atoms with Gasteiger partial charge in [-0.15, -0.1) is 0 Å². The zero-order valence-corrected chi connectivity index (χ0v) is 18.1. The van der Waals surface area contributed by atoms with Crippen LogP contribution >= 0.6 is 11.6 Å². The number of carbonyl (C=O) groups is 2. The van der Waals surface area contributed by atoms with Crippen LogP contribution in [0.15, 0.2) is 47.4 Å². The molecule has 10 heteroatoms. The summed E-state index contributed by atoms with van der Waals surface area (Å²) in [7, 11) is -3.89. The molecule has 0 bridgehead atoms. The molecular weight excluding hydrogens is 432 g/mol. The van der Waals surface area contributed by atoms with Crippen molar-refractivity contribution in [2.45, 2.75) is 37.7 Å². The molecule has 2 aromatic carbocycles. The number of halogens is 1. The Morgan fingerprint density at radius 2 is 1.93 bits per heavy atom. The Balaban J connectivity index is 1.77. The Labute approximate surface area is 180 Å². The van der Waals surface area contributed by atoms with E-state index >= 15 is 0 Å². The summed E-state index contributed by atoms with van der Waals surface area (Å²) in [6.07, 6.45) is -0.577. The van der Waals surface area contributed by atoms with Crippen LogP contribution in [0.25, 0.3) is 0 Å². The van der Waals surface area contributed by atoms with E-state index in [9.17, 15) is 18.0 Å². The third-order valence-electron chi connectivity index (χ3n) is 4.03. The summed E-state index contributed by atoms with van der Waals surface area (Å²) in [5.41, 5.74) is 1.11. The van der Waals surface area contributed by atoms with E-state index in [2.05, 4.69) is 5.32 Å². The summed E-state index contributed by atoms with van der Waals surface area (Å²) >= 11 is 5.89. The summed E-state index contributed by atoms with van der Waals surface area (Å²) in [4.78, 5) is 24.0. The van der Waals surface area contributed by atoms with Gasteiger partial charge in [-0.05, 0) is 62.2 Å². The molecule has 2 rings (SSSR count). The van der Waals surface area contributed by atoms with Crippen LogP contribution in [0.4, 0.5) is 5.69 Å². The number of hydrogen-bond donors (Lipinski definition) is 2. The van der Waals surface area contributed by atoms with Crippen LogP contribution in [-0.4, -0.2) is 33.0 Å². The van der Waals surface area contributed by atoms with Gasteiger partial charge in [-0.3, -0.25) is 9.59 Å². The molecule has 0 aliphatic carbocycles. The Morgan fingerprint density at radius 3 is 2.60 bits per heavy atom. The number of primary sulfonamides is 1. The molecule has 0 saturated carbocycles. The smallest absolute Gasteiger partial charge is 0.306 e. The summed E-state index contributed by atoms with van der Waals surface area (Å²) in [6, 6.07) is 10.7. The lowest BCUT2D eigenvalue weighted by molar-refractivity contribution is -0.153. The van der Waals surface area contributed by atoms with Crippen LogP contribution in [0.1, 0.15) is 25.3 Å². The monoisotopic (exact) mass is 454 g/mol. The Bertz CT molecular complexity index is 1030. The van der Waals surface area contributed by atoms with Gasteiger partial charge in [0, 0.05) is 17.1 Å². The average Bonchev–Trinajstić information content (AvgIpc) is 2.66. The van der Waals surface area contributed by atoms with Crippen molar-refractivity contribution in [1.29, 1.82) is 0 Å². The van der Waals surface area contributed by atoms with E-state index in [-0.39, 0.29) is 17.0 Å². The molecule has 0 aliphatic heterocycles. The maximum Gasteiger partial charge on any atom is 0.306 e. The number of sulfonamides is 1. The minimum atomic E-state index is -3.89. The minimum absolute atomic E-state index is 0.0746. The van der Waals surface area contributed by atoms with E-state index in [0.717, 1.165) is 5.56 Å². The Hall–Kier alpha value is -2.62. The van der Waals surface area contributed by atoms with E-state index in [1.165, 1.54) is 31.2 Å². The van der Waals surface area contributed by atoms with Crippen LogP contribution in [-0.2, 0) is 24.3 Å². The first-order valence-corrected chi connectivity index (χ1v) is 11.0. The van der Waals surface area contributed by atoms with Gasteiger partial charge in [0.05, 0.1) is 11.5 Å². The third-order valence-corrected chi connectivity index (χ3v) is 5.17. The normalized spacial score (nSPS) is 12.1. The van der Waals surface area contributed by atoms with E-state index in [1.807, 2.05) is 6.92 Å². The molecule has 30 heavy (non-hydrogen) atoms. The fraction of sp³-hybridized carbons (Fsp3) is 0.300. The molecule has 0 heterocycles. The lowest BCUT2D eigenvalue weighted by atomic mass is 10.2. The van der Waals surface area contributed by atoms with Crippen LogP contribution in [0.2, 0.25) is 5.02 Å². The number of benzene rings is 2. The number of ether oxygens (including phenoxy) is 2. The van der Waals surface area contributed by atoms with E-state index in [0.29, 0.717) is 23.8 Å². The fourth-order valence-electron chi connectivity index (χ4n) is 2.48. The average molecular weight is 455 g/mol. The van der Waals surface area contributed by atoms with Crippen LogP contribution in [0.5, 0.6) is 5.75 Å². The van der Waals surface area contributed by atoms with Crippen molar-refractivity contribution in [2.75, 3.05) is 11.9 Å². The second kappa shape index (κ2) is 10.4. The predicted octanol–water partition coefficient (Wildman–Crippen LogP) is 3.03. The number of rotatable bonds is 9. The summed E-state index contributed by atoms with van der Waals surface area (Å²) in [5, 5.41) is 8.17. The highest BCUT2D eigenvalue weighted by atomic mass is 35.5. The highest BCUT2D eigenvalue weighted by Gasteiger charge is 2.18. The molecule has 3 N–H and O–H groups in total.